The van der Waals surface area contributed by atoms with E-state index in [-0.39, 0.29) is 17.1 Å². The second-order valence-corrected chi connectivity index (χ2v) is 6.21. The Morgan fingerprint density at radius 1 is 0.783 bits per heavy atom. The van der Waals surface area contributed by atoms with E-state index < -0.39 is 0 Å². The van der Waals surface area contributed by atoms with E-state index in [1.54, 1.807) is 16.7 Å². The van der Waals surface area contributed by atoms with Gasteiger partial charge in [0.25, 0.3) is 0 Å². The van der Waals surface area contributed by atoms with Gasteiger partial charge in [-0.25, -0.2) is 18.2 Å². The van der Waals surface area contributed by atoms with Crippen LogP contribution in [-0.4, -0.2) is 0 Å². The molecule has 0 saturated carbocycles. The second-order valence-electron chi connectivity index (χ2n) is 6.21. The summed E-state index contributed by atoms with van der Waals surface area (Å²) in [5, 5.41) is 0. The second kappa shape index (κ2) is 13.6. The fourth-order valence-corrected chi connectivity index (χ4v) is 2.98. The predicted octanol–water partition coefficient (Wildman–Crippen LogP) is 6.62. The Balaban J connectivity index is 0.000000460. The molecule has 2 rings (SSSR count). The first-order chi connectivity index (χ1) is 10.7. The summed E-state index contributed by atoms with van der Waals surface area (Å²) in [5.41, 5.74) is 6.24. The maximum absolute atomic E-state index is 2.43. The zero-order valence-corrected chi connectivity index (χ0v) is 16.6. The molecule has 0 aliphatic rings. The van der Waals surface area contributed by atoms with Gasteiger partial charge in [-0.15, -0.1) is 0 Å². The molecule has 0 unspecified atom stereocenters. The Labute approximate surface area is 154 Å². The minimum absolute atomic E-state index is 0. The van der Waals surface area contributed by atoms with Gasteiger partial charge in [-0.05, 0) is 0 Å². The van der Waals surface area contributed by atoms with Crippen LogP contribution in [0.3, 0.4) is 0 Å². The SMILES string of the molecule is CCCc1cc(CCC)c(CCC)[cH-]1.CCCc1ccc[cH-]1.[Fe+2]. The van der Waals surface area contributed by atoms with Crippen LogP contribution in [-0.2, 0) is 42.8 Å². The summed E-state index contributed by atoms with van der Waals surface area (Å²) >= 11 is 0. The smallest absolute Gasteiger partial charge is 0.213 e. The van der Waals surface area contributed by atoms with Crippen molar-refractivity contribution < 1.29 is 17.1 Å². The molecular weight excluding hydrogens is 320 g/mol. The van der Waals surface area contributed by atoms with Crippen molar-refractivity contribution in [1.29, 1.82) is 0 Å². The van der Waals surface area contributed by atoms with Crippen molar-refractivity contribution in [3.8, 4) is 0 Å². The van der Waals surface area contributed by atoms with Gasteiger partial charge in [0.15, 0.2) is 0 Å². The van der Waals surface area contributed by atoms with Gasteiger partial charge in [-0.3, -0.25) is 0 Å². The first-order valence-electron chi connectivity index (χ1n) is 9.22. The van der Waals surface area contributed by atoms with E-state index in [2.05, 4.69) is 64.1 Å². The van der Waals surface area contributed by atoms with Crippen LogP contribution in [0, 0.1) is 0 Å². The fourth-order valence-electron chi connectivity index (χ4n) is 2.98. The monoisotopic (exact) mass is 354 g/mol. The summed E-state index contributed by atoms with van der Waals surface area (Å²) in [6.07, 6.45) is 10.1. The molecule has 0 bridgehead atoms. The van der Waals surface area contributed by atoms with E-state index in [1.807, 2.05) is 0 Å². The van der Waals surface area contributed by atoms with E-state index in [0.29, 0.717) is 0 Å². The van der Waals surface area contributed by atoms with Crippen molar-refractivity contribution in [1.82, 2.24) is 0 Å². The number of hydrogen-bond donors (Lipinski definition) is 0. The Morgan fingerprint density at radius 2 is 1.39 bits per heavy atom. The van der Waals surface area contributed by atoms with Crippen LogP contribution < -0.4 is 0 Å². The summed E-state index contributed by atoms with van der Waals surface area (Å²) in [5.74, 6) is 0. The molecule has 0 N–H and O–H groups in total. The third-order valence-electron chi connectivity index (χ3n) is 3.98. The molecule has 0 aliphatic carbocycles. The van der Waals surface area contributed by atoms with Gasteiger partial charge in [0.2, 0.25) is 0 Å². The van der Waals surface area contributed by atoms with Crippen molar-refractivity contribution in [2.24, 2.45) is 0 Å². The molecule has 0 heterocycles. The van der Waals surface area contributed by atoms with Gasteiger partial charge in [-0.1, -0.05) is 79.1 Å². The molecule has 2 aromatic carbocycles. The third-order valence-corrected chi connectivity index (χ3v) is 3.98. The minimum atomic E-state index is 0. The molecule has 23 heavy (non-hydrogen) atoms. The van der Waals surface area contributed by atoms with E-state index in [4.69, 9.17) is 0 Å². The third kappa shape index (κ3) is 8.58. The quantitative estimate of drug-likeness (QED) is 0.369. The molecule has 1 heteroatoms. The zero-order valence-electron chi connectivity index (χ0n) is 15.5. The first kappa shape index (κ1) is 22.2. The minimum Gasteiger partial charge on any atom is -0.213 e. The molecule has 2 aromatic rings. The molecule has 0 radical (unpaired) electrons. The Hall–Kier alpha value is -0.781. The molecule has 0 spiro atoms. The zero-order chi connectivity index (χ0) is 16.2. The van der Waals surface area contributed by atoms with Crippen molar-refractivity contribution in [3.05, 3.63) is 58.7 Å². The van der Waals surface area contributed by atoms with Crippen molar-refractivity contribution in [2.75, 3.05) is 0 Å². The maximum Gasteiger partial charge on any atom is 2.00 e. The van der Waals surface area contributed by atoms with Crippen LogP contribution in [0.5, 0.6) is 0 Å². The Morgan fingerprint density at radius 3 is 1.91 bits per heavy atom. The molecule has 0 atom stereocenters. The van der Waals surface area contributed by atoms with Crippen LogP contribution in [0.1, 0.15) is 75.6 Å². The van der Waals surface area contributed by atoms with Crippen molar-refractivity contribution in [2.45, 2.75) is 79.1 Å². The summed E-state index contributed by atoms with van der Waals surface area (Å²) in [7, 11) is 0. The fraction of sp³-hybridized carbons (Fsp3) is 0.545. The number of rotatable bonds is 8. The van der Waals surface area contributed by atoms with E-state index in [1.165, 1.54) is 56.9 Å². The number of aryl methyl sites for hydroxylation is 4. The van der Waals surface area contributed by atoms with Gasteiger partial charge in [0.05, 0.1) is 0 Å². The van der Waals surface area contributed by atoms with E-state index in [9.17, 15) is 0 Å². The van der Waals surface area contributed by atoms with Gasteiger partial charge < -0.3 is 0 Å². The van der Waals surface area contributed by atoms with Crippen LogP contribution in [0.2, 0.25) is 0 Å². The first-order valence-corrected chi connectivity index (χ1v) is 9.22. The summed E-state index contributed by atoms with van der Waals surface area (Å²) in [6.45, 7) is 8.99. The van der Waals surface area contributed by atoms with Crippen LogP contribution >= 0.6 is 0 Å². The average molecular weight is 354 g/mol. The van der Waals surface area contributed by atoms with Crippen molar-refractivity contribution >= 4 is 0 Å². The molecule has 0 nitrogen and oxygen atoms in total. The van der Waals surface area contributed by atoms with Crippen molar-refractivity contribution in [3.63, 3.8) is 0 Å². The molecule has 0 aliphatic heterocycles. The van der Waals surface area contributed by atoms with Crippen LogP contribution in [0.25, 0.3) is 0 Å². The van der Waals surface area contributed by atoms with E-state index >= 15 is 0 Å². The number of hydrogen-bond acceptors (Lipinski definition) is 0. The summed E-state index contributed by atoms with van der Waals surface area (Å²) in [6, 6.07) is 13.4. The Kier molecular flexibility index (Phi) is 13.2. The van der Waals surface area contributed by atoms with Crippen LogP contribution in [0.15, 0.2) is 36.4 Å². The average Bonchev–Trinajstić information content (AvgIpc) is 3.12. The topological polar surface area (TPSA) is 0 Å². The van der Waals surface area contributed by atoms with Crippen LogP contribution in [0.4, 0.5) is 0 Å². The van der Waals surface area contributed by atoms with Gasteiger partial charge in [-0.2, -0.15) is 40.5 Å². The predicted molar refractivity (Wildman–Crippen MR) is 100 cm³/mol. The van der Waals surface area contributed by atoms with Gasteiger partial charge in [0, 0.05) is 0 Å². The molecule has 0 aromatic heterocycles. The molecule has 0 fully saturated rings. The molecule has 0 saturated heterocycles. The Bertz CT molecular complexity index is 453. The maximum atomic E-state index is 2.43. The summed E-state index contributed by atoms with van der Waals surface area (Å²) in [4.78, 5) is 0. The molecular formula is C22H34Fe. The molecule has 130 valence electrons. The van der Waals surface area contributed by atoms with Gasteiger partial charge >= 0.3 is 17.1 Å². The molecule has 0 amide bonds. The largest absolute Gasteiger partial charge is 2.00 e. The van der Waals surface area contributed by atoms with Gasteiger partial charge in [0.1, 0.15) is 0 Å². The standard InChI is InChI=1S/C14H23.C8H11.Fe/c1-4-7-12-10-13(8-5-2)14(11-12)9-6-3;1-2-5-8-6-3-4-7-8;/h10-11H,4-9H2,1-3H3;3-4,6-7H,2,5H2,1H3;/q2*-1;+2. The van der Waals surface area contributed by atoms with E-state index in [0.717, 1.165) is 0 Å². The summed E-state index contributed by atoms with van der Waals surface area (Å²) < 4.78 is 0. The normalized spacial score (nSPS) is 9.91.